The minimum atomic E-state index is 0.293. The van der Waals surface area contributed by atoms with E-state index in [1.54, 1.807) is 0 Å². The summed E-state index contributed by atoms with van der Waals surface area (Å²) in [6.07, 6.45) is 5.39. The first kappa shape index (κ1) is 10.8. The van der Waals surface area contributed by atoms with Crippen molar-refractivity contribution >= 4 is 32.6 Å². The minimum Gasteiger partial charge on any atom is -0.352 e. The quantitative estimate of drug-likeness (QED) is 0.772. The lowest BCUT2D eigenvalue weighted by molar-refractivity contribution is 0.0978. The van der Waals surface area contributed by atoms with E-state index in [4.69, 9.17) is 0 Å². The molecule has 0 aliphatic heterocycles. The van der Waals surface area contributed by atoms with Crippen LogP contribution in [-0.4, -0.2) is 10.8 Å². The van der Waals surface area contributed by atoms with Gasteiger partial charge in [0.25, 0.3) is 0 Å². The lowest BCUT2D eigenvalue weighted by Crippen LogP contribution is -2.07. The molecule has 92 valence electrons. The van der Waals surface area contributed by atoms with Gasteiger partial charge >= 0.3 is 0 Å². The highest BCUT2D eigenvalue weighted by atomic mass is 79.9. The van der Waals surface area contributed by atoms with Gasteiger partial charge in [0.1, 0.15) is 0 Å². The van der Waals surface area contributed by atoms with E-state index in [1.807, 2.05) is 6.07 Å². The van der Waals surface area contributed by atoms with Crippen molar-refractivity contribution in [1.82, 2.24) is 4.98 Å². The van der Waals surface area contributed by atoms with Gasteiger partial charge in [-0.05, 0) is 54.9 Å². The fraction of sp³-hybridized carbons (Fsp3) is 0.400. The molecule has 1 N–H and O–H groups in total. The molecule has 1 heterocycles. The number of H-pyrrole nitrogens is 1. The number of aromatic nitrogens is 1. The van der Waals surface area contributed by atoms with Crippen molar-refractivity contribution in [2.24, 2.45) is 0 Å². The van der Waals surface area contributed by atoms with Gasteiger partial charge in [0.2, 0.25) is 0 Å². The highest BCUT2D eigenvalue weighted by Gasteiger charge is 2.48. The number of benzene rings is 1. The van der Waals surface area contributed by atoms with Crippen LogP contribution in [0, 0.1) is 0 Å². The molecule has 1 spiro atoms. The Morgan fingerprint density at radius 3 is 2.83 bits per heavy atom. The fourth-order valence-electron chi connectivity index (χ4n) is 3.41. The summed E-state index contributed by atoms with van der Waals surface area (Å²) in [6, 6.07) is 6.25. The zero-order valence-corrected chi connectivity index (χ0v) is 11.6. The van der Waals surface area contributed by atoms with Crippen LogP contribution < -0.4 is 0 Å². The van der Waals surface area contributed by atoms with Crippen LogP contribution in [0.3, 0.4) is 0 Å². The van der Waals surface area contributed by atoms with Crippen molar-refractivity contribution in [3.63, 3.8) is 0 Å². The Balaban J connectivity index is 2.09. The van der Waals surface area contributed by atoms with Gasteiger partial charge in [0.05, 0.1) is 5.69 Å². The number of hydrogen-bond acceptors (Lipinski definition) is 1. The average Bonchev–Trinajstić information content (AvgIpc) is 3.04. The number of ketones is 1. The summed E-state index contributed by atoms with van der Waals surface area (Å²) in [4.78, 5) is 15.6. The summed E-state index contributed by atoms with van der Waals surface area (Å²) >= 11 is 3.54. The summed E-state index contributed by atoms with van der Waals surface area (Å²) in [5.41, 5.74) is 3.60. The van der Waals surface area contributed by atoms with Crippen LogP contribution in [0.15, 0.2) is 22.7 Å². The van der Waals surface area contributed by atoms with Crippen LogP contribution >= 0.6 is 15.9 Å². The first-order chi connectivity index (χ1) is 8.70. The Morgan fingerprint density at radius 1 is 1.22 bits per heavy atom. The van der Waals surface area contributed by atoms with Crippen molar-refractivity contribution < 1.29 is 4.79 Å². The molecule has 2 aliphatic rings. The van der Waals surface area contributed by atoms with Gasteiger partial charge in [-0.15, -0.1) is 0 Å². The second kappa shape index (κ2) is 3.47. The van der Waals surface area contributed by atoms with E-state index in [0.29, 0.717) is 17.6 Å². The predicted octanol–water partition coefficient (Wildman–Crippen LogP) is 4.33. The van der Waals surface area contributed by atoms with E-state index in [2.05, 4.69) is 33.0 Å². The molecule has 1 aromatic heterocycles. The van der Waals surface area contributed by atoms with Crippen molar-refractivity contribution in [2.75, 3.05) is 0 Å². The molecular weight excluding hydrogens is 290 g/mol. The zero-order valence-electron chi connectivity index (χ0n) is 10.1. The summed E-state index contributed by atoms with van der Waals surface area (Å²) < 4.78 is 1.09. The largest absolute Gasteiger partial charge is 0.352 e. The molecule has 0 unspecified atom stereocenters. The van der Waals surface area contributed by atoms with Gasteiger partial charge in [-0.25, -0.2) is 0 Å². The van der Waals surface area contributed by atoms with E-state index >= 15 is 0 Å². The van der Waals surface area contributed by atoms with E-state index in [1.165, 1.54) is 30.2 Å². The number of fused-ring (bicyclic) bond motifs is 4. The second-order valence-electron chi connectivity index (χ2n) is 5.62. The zero-order chi connectivity index (χ0) is 12.3. The van der Waals surface area contributed by atoms with Crippen molar-refractivity contribution in [3.05, 3.63) is 33.9 Å². The average molecular weight is 304 g/mol. The van der Waals surface area contributed by atoms with Gasteiger partial charge < -0.3 is 4.98 Å². The molecule has 1 fully saturated rings. The van der Waals surface area contributed by atoms with Gasteiger partial charge in [-0.1, -0.05) is 15.9 Å². The second-order valence-corrected chi connectivity index (χ2v) is 6.54. The normalized spacial score (nSPS) is 21.1. The SMILES string of the molecule is O=C1CCCC2(CC2)c2c1[nH]c1ccc(Br)cc21. The molecule has 2 aromatic rings. The van der Waals surface area contributed by atoms with Crippen LogP contribution in [0.4, 0.5) is 0 Å². The third-order valence-electron chi connectivity index (χ3n) is 4.48. The molecule has 2 aliphatic carbocycles. The molecule has 2 nitrogen and oxygen atoms in total. The maximum atomic E-state index is 12.2. The van der Waals surface area contributed by atoms with Crippen LogP contribution in [0.5, 0.6) is 0 Å². The number of carbonyl (C=O) groups excluding carboxylic acids is 1. The summed E-state index contributed by atoms with van der Waals surface area (Å²) in [6.45, 7) is 0. The first-order valence-corrected chi connectivity index (χ1v) is 7.34. The monoisotopic (exact) mass is 303 g/mol. The molecular formula is C15H14BrNO. The van der Waals surface area contributed by atoms with Crippen molar-refractivity contribution in [1.29, 1.82) is 0 Å². The van der Waals surface area contributed by atoms with E-state index in [0.717, 1.165) is 22.1 Å². The van der Waals surface area contributed by atoms with E-state index in [-0.39, 0.29) is 0 Å². The Bertz CT molecular complexity index is 666. The number of carbonyl (C=O) groups is 1. The molecule has 1 aromatic carbocycles. The number of aromatic amines is 1. The highest BCUT2D eigenvalue weighted by Crippen LogP contribution is 2.56. The molecule has 1 saturated carbocycles. The molecule has 0 saturated heterocycles. The Labute approximate surface area is 114 Å². The maximum Gasteiger partial charge on any atom is 0.179 e. The summed E-state index contributed by atoms with van der Waals surface area (Å²) in [5, 5.41) is 1.24. The number of nitrogens with one attached hydrogen (secondary N) is 1. The highest BCUT2D eigenvalue weighted by molar-refractivity contribution is 9.10. The first-order valence-electron chi connectivity index (χ1n) is 6.55. The number of rotatable bonds is 0. The van der Waals surface area contributed by atoms with E-state index in [9.17, 15) is 4.79 Å². The maximum absolute atomic E-state index is 12.2. The third-order valence-corrected chi connectivity index (χ3v) is 4.98. The lowest BCUT2D eigenvalue weighted by Gasteiger charge is -2.12. The predicted molar refractivity (Wildman–Crippen MR) is 75.1 cm³/mol. The third kappa shape index (κ3) is 1.37. The van der Waals surface area contributed by atoms with Crippen molar-refractivity contribution in [3.8, 4) is 0 Å². The molecule has 0 bridgehead atoms. The lowest BCUT2D eigenvalue weighted by atomic mass is 9.90. The van der Waals surface area contributed by atoms with Crippen LogP contribution in [0.1, 0.15) is 48.2 Å². The van der Waals surface area contributed by atoms with Crippen LogP contribution in [-0.2, 0) is 5.41 Å². The topological polar surface area (TPSA) is 32.9 Å². The summed E-state index contributed by atoms with van der Waals surface area (Å²) in [5.74, 6) is 0.293. The fourth-order valence-corrected chi connectivity index (χ4v) is 3.77. The Hall–Kier alpha value is -1.09. The molecule has 0 amide bonds. The number of halogens is 1. The molecule has 3 heteroatoms. The van der Waals surface area contributed by atoms with Crippen LogP contribution in [0.2, 0.25) is 0 Å². The Kier molecular flexibility index (Phi) is 2.08. The van der Waals surface area contributed by atoms with E-state index < -0.39 is 0 Å². The smallest absolute Gasteiger partial charge is 0.179 e. The van der Waals surface area contributed by atoms with Gasteiger partial charge in [-0.2, -0.15) is 0 Å². The molecule has 0 radical (unpaired) electrons. The standard InChI is InChI=1S/C15H14BrNO/c16-9-3-4-11-10(8-9)13-14(17-11)12(18)2-1-5-15(13)6-7-15/h3-4,8,17H,1-2,5-7H2. The van der Waals surface area contributed by atoms with Gasteiger partial charge in [-0.3, -0.25) is 4.79 Å². The summed E-state index contributed by atoms with van der Waals surface area (Å²) in [7, 11) is 0. The van der Waals surface area contributed by atoms with Crippen LogP contribution in [0.25, 0.3) is 10.9 Å². The number of Topliss-reactive ketones (excluding diaryl/α,β-unsaturated/α-hetero) is 1. The molecule has 4 rings (SSSR count). The van der Waals surface area contributed by atoms with Gasteiger partial charge in [0.15, 0.2) is 5.78 Å². The molecule has 18 heavy (non-hydrogen) atoms. The number of hydrogen-bond donors (Lipinski definition) is 1. The Morgan fingerprint density at radius 2 is 2.06 bits per heavy atom. The van der Waals surface area contributed by atoms with Gasteiger partial charge in [0, 0.05) is 21.8 Å². The van der Waals surface area contributed by atoms with Crippen molar-refractivity contribution in [2.45, 2.75) is 37.5 Å². The minimum absolute atomic E-state index is 0.293. The molecule has 0 atom stereocenters.